The summed E-state index contributed by atoms with van der Waals surface area (Å²) in [5.74, 6) is -0.612. The van der Waals surface area contributed by atoms with E-state index in [2.05, 4.69) is 20.9 Å². The summed E-state index contributed by atoms with van der Waals surface area (Å²) >= 11 is 4.83. The van der Waals surface area contributed by atoms with Crippen molar-refractivity contribution in [1.82, 2.24) is 0 Å². The van der Waals surface area contributed by atoms with Crippen LogP contribution in [0.25, 0.3) is 0 Å². The lowest BCUT2D eigenvalue weighted by molar-refractivity contribution is 0.625. The molecule has 0 amide bonds. The lowest BCUT2D eigenvalue weighted by Crippen LogP contribution is -1.99. The minimum Gasteiger partial charge on any atom is -0.248 e. The van der Waals surface area contributed by atoms with Crippen LogP contribution in [-0.2, 0) is 0 Å². The van der Waals surface area contributed by atoms with Gasteiger partial charge in [0.2, 0.25) is 0 Å². The molecule has 0 unspecified atom stereocenters. The summed E-state index contributed by atoms with van der Waals surface area (Å²) in [6, 6.07) is 20.2. The summed E-state index contributed by atoms with van der Waals surface area (Å²) in [7, 11) is 0. The van der Waals surface area contributed by atoms with Gasteiger partial charge in [-0.2, -0.15) is 0 Å². The van der Waals surface area contributed by atoms with Gasteiger partial charge in [-0.05, 0) is 66.1 Å². The van der Waals surface area contributed by atoms with E-state index in [4.69, 9.17) is 0 Å². The quantitative estimate of drug-likeness (QED) is 0.309. The lowest BCUT2D eigenvalue weighted by atomic mass is 10.1. The molecule has 0 aliphatic heterocycles. The summed E-state index contributed by atoms with van der Waals surface area (Å²) < 4.78 is 28.1. The van der Waals surface area contributed by atoms with Crippen molar-refractivity contribution in [1.29, 1.82) is 0 Å². The van der Waals surface area contributed by atoms with Crippen LogP contribution < -0.4 is 0 Å². The normalized spacial score (nSPS) is 11.9. The van der Waals surface area contributed by atoms with Gasteiger partial charge in [-0.1, -0.05) is 45.9 Å². The molecule has 0 radical (unpaired) electrons. The molecule has 3 rings (SSSR count). The van der Waals surface area contributed by atoms with E-state index in [1.807, 2.05) is 29.7 Å². The first kappa shape index (κ1) is 18.5. The van der Waals surface area contributed by atoms with Crippen LogP contribution in [-0.4, -0.2) is 5.71 Å². The largest absolute Gasteiger partial charge is 0.248 e. The molecule has 0 fully saturated rings. The van der Waals surface area contributed by atoms with Gasteiger partial charge in [-0.25, -0.2) is 13.8 Å². The fourth-order valence-corrected chi connectivity index (χ4v) is 3.27. The number of benzene rings is 3. The molecule has 0 N–H and O–H groups in total. The predicted octanol–water partition coefficient (Wildman–Crippen LogP) is 7.15. The van der Waals surface area contributed by atoms with Crippen molar-refractivity contribution in [2.45, 2.75) is 4.90 Å². The number of nitrogens with zero attached hydrogens (tertiary/aromatic N) is 1. The summed E-state index contributed by atoms with van der Waals surface area (Å²) in [6.45, 7) is 0. The Labute approximate surface area is 163 Å². The standard InChI is InChI=1S/C21H14BrF2NS/c22-15-4-3-5-17(14-15)25-21(19-6-1-2-7-20(19)24)12-13-26-18-10-8-16(23)9-11-18/h1-14H/b13-12+,25-21?. The first-order chi connectivity index (χ1) is 12.6. The van der Waals surface area contributed by atoms with Crippen molar-refractivity contribution in [2.75, 3.05) is 0 Å². The molecule has 1 nitrogen and oxygen atoms in total. The minimum absolute atomic E-state index is 0.276. The van der Waals surface area contributed by atoms with Crippen molar-refractivity contribution in [3.05, 3.63) is 106 Å². The number of halogens is 3. The average Bonchev–Trinajstić information content (AvgIpc) is 2.63. The van der Waals surface area contributed by atoms with Crippen molar-refractivity contribution >= 4 is 39.1 Å². The van der Waals surface area contributed by atoms with E-state index in [0.29, 0.717) is 17.0 Å². The molecule has 26 heavy (non-hydrogen) atoms. The molecule has 0 aliphatic carbocycles. The molecule has 5 heteroatoms. The molecule has 0 spiro atoms. The molecule has 0 saturated carbocycles. The summed E-state index contributed by atoms with van der Waals surface area (Å²) in [4.78, 5) is 5.47. The molecule has 0 aliphatic rings. The Morgan fingerprint density at radius 3 is 2.42 bits per heavy atom. The monoisotopic (exact) mass is 429 g/mol. The summed E-state index contributed by atoms with van der Waals surface area (Å²) in [5.41, 5.74) is 1.65. The van der Waals surface area contributed by atoms with Gasteiger partial charge in [0, 0.05) is 14.9 Å². The van der Waals surface area contributed by atoms with Gasteiger partial charge in [0.1, 0.15) is 11.6 Å². The Morgan fingerprint density at radius 2 is 1.69 bits per heavy atom. The number of aliphatic imine (C=N–C) groups is 1. The molecular weight excluding hydrogens is 416 g/mol. The highest BCUT2D eigenvalue weighted by Gasteiger charge is 2.07. The molecule has 3 aromatic carbocycles. The smallest absolute Gasteiger partial charge is 0.132 e. The third kappa shape index (κ3) is 5.13. The van der Waals surface area contributed by atoms with Crippen LogP contribution in [0.4, 0.5) is 14.5 Å². The van der Waals surface area contributed by atoms with E-state index in [1.54, 1.807) is 36.4 Å². The zero-order valence-electron chi connectivity index (χ0n) is 13.6. The number of hydrogen-bond acceptors (Lipinski definition) is 2. The van der Waals surface area contributed by atoms with Gasteiger partial charge in [0.25, 0.3) is 0 Å². The van der Waals surface area contributed by atoms with Crippen molar-refractivity contribution in [2.24, 2.45) is 4.99 Å². The van der Waals surface area contributed by atoms with Gasteiger partial charge in [0.15, 0.2) is 0 Å². The van der Waals surface area contributed by atoms with E-state index < -0.39 is 0 Å². The highest BCUT2D eigenvalue weighted by molar-refractivity contribution is 9.10. The second kappa shape index (κ2) is 8.92. The third-order valence-electron chi connectivity index (χ3n) is 3.45. The maximum atomic E-state index is 14.2. The van der Waals surface area contributed by atoms with Crippen LogP contribution in [0.2, 0.25) is 0 Å². The zero-order chi connectivity index (χ0) is 18.4. The number of thioether (sulfide) groups is 1. The highest BCUT2D eigenvalue weighted by atomic mass is 79.9. The van der Waals surface area contributed by atoms with Crippen LogP contribution in [0.15, 0.2) is 98.6 Å². The highest BCUT2D eigenvalue weighted by Crippen LogP contribution is 2.23. The fourth-order valence-electron chi connectivity index (χ4n) is 2.23. The SMILES string of the molecule is Fc1ccc(S/C=C/C(=Nc2cccc(Br)c2)c2ccccc2F)cc1. The first-order valence-electron chi connectivity index (χ1n) is 7.80. The zero-order valence-corrected chi connectivity index (χ0v) is 16.0. The van der Waals surface area contributed by atoms with Crippen molar-refractivity contribution in [3.8, 4) is 0 Å². The number of hydrogen-bond donors (Lipinski definition) is 0. The Hall–Kier alpha value is -2.24. The Balaban J connectivity index is 1.91. The Morgan fingerprint density at radius 1 is 0.923 bits per heavy atom. The van der Waals surface area contributed by atoms with Crippen molar-refractivity contribution in [3.63, 3.8) is 0 Å². The molecule has 0 saturated heterocycles. The Bertz CT molecular complexity index is 952. The predicted molar refractivity (Wildman–Crippen MR) is 108 cm³/mol. The van der Waals surface area contributed by atoms with Crippen LogP contribution in [0.1, 0.15) is 5.56 Å². The van der Waals surface area contributed by atoms with Gasteiger partial charge in [-0.3, -0.25) is 0 Å². The maximum Gasteiger partial charge on any atom is 0.132 e. The topological polar surface area (TPSA) is 12.4 Å². The van der Waals surface area contributed by atoms with Crippen LogP contribution in [0, 0.1) is 11.6 Å². The minimum atomic E-state index is -0.335. The second-order valence-electron chi connectivity index (χ2n) is 5.33. The van der Waals surface area contributed by atoms with Crippen molar-refractivity contribution < 1.29 is 8.78 Å². The van der Waals surface area contributed by atoms with Gasteiger partial charge < -0.3 is 0 Å². The maximum absolute atomic E-state index is 14.2. The molecule has 130 valence electrons. The van der Waals surface area contributed by atoms with E-state index in [0.717, 1.165) is 9.37 Å². The first-order valence-corrected chi connectivity index (χ1v) is 9.47. The number of rotatable bonds is 5. The average molecular weight is 430 g/mol. The summed E-state index contributed by atoms with van der Waals surface area (Å²) in [6.07, 6.45) is 1.76. The van der Waals surface area contributed by atoms with Gasteiger partial charge >= 0.3 is 0 Å². The molecule has 0 atom stereocenters. The van der Waals surface area contributed by atoms with E-state index in [9.17, 15) is 8.78 Å². The third-order valence-corrected chi connectivity index (χ3v) is 4.76. The van der Waals surface area contributed by atoms with Crippen LogP contribution in [0.5, 0.6) is 0 Å². The summed E-state index contributed by atoms with van der Waals surface area (Å²) in [5, 5.41) is 1.82. The van der Waals surface area contributed by atoms with Gasteiger partial charge in [-0.15, -0.1) is 0 Å². The van der Waals surface area contributed by atoms with E-state index in [-0.39, 0.29) is 11.6 Å². The molecule has 0 heterocycles. The van der Waals surface area contributed by atoms with E-state index in [1.165, 1.54) is 30.0 Å². The molecule has 3 aromatic rings. The van der Waals surface area contributed by atoms with E-state index >= 15 is 0 Å². The molecule has 0 bridgehead atoms. The lowest BCUT2D eigenvalue weighted by Gasteiger charge is -2.05. The second-order valence-corrected chi connectivity index (χ2v) is 7.23. The van der Waals surface area contributed by atoms with Gasteiger partial charge in [0.05, 0.1) is 11.4 Å². The number of allylic oxidation sites excluding steroid dienone is 1. The molecular formula is C21H14BrF2NS. The Kier molecular flexibility index (Phi) is 6.36. The molecule has 0 aromatic heterocycles. The van der Waals surface area contributed by atoms with Crippen LogP contribution in [0.3, 0.4) is 0 Å². The fraction of sp³-hybridized carbons (Fsp3) is 0. The van der Waals surface area contributed by atoms with Crippen LogP contribution >= 0.6 is 27.7 Å².